The summed E-state index contributed by atoms with van der Waals surface area (Å²) in [6.45, 7) is 9.41. The highest BCUT2D eigenvalue weighted by atomic mass is 15.2. The molecule has 11 aromatic rings. The van der Waals surface area contributed by atoms with E-state index in [0.717, 1.165) is 45.5 Å². The van der Waals surface area contributed by atoms with Gasteiger partial charge in [0.1, 0.15) is 11.6 Å². The first-order chi connectivity index (χ1) is 38.2. The van der Waals surface area contributed by atoms with Gasteiger partial charge in [0.15, 0.2) is 0 Å². The second-order valence-corrected chi connectivity index (χ2v) is 21.5. The third kappa shape index (κ3) is 8.91. The number of hydrogen-bond donors (Lipinski definition) is 0. The lowest BCUT2D eigenvalue weighted by Gasteiger charge is -2.27. The van der Waals surface area contributed by atoms with Crippen molar-refractivity contribution in [3.05, 3.63) is 300 Å². The molecule has 4 heteroatoms. The molecular formula is C74H58N4. The van der Waals surface area contributed by atoms with Crippen molar-refractivity contribution in [1.82, 2.24) is 9.97 Å². The lowest BCUT2D eigenvalue weighted by Crippen LogP contribution is -2.17. The molecule has 4 nitrogen and oxygen atoms in total. The summed E-state index contributed by atoms with van der Waals surface area (Å²) in [6.07, 6.45) is 12.7. The largest absolute Gasteiger partial charge is 0.295 e. The first-order valence-corrected chi connectivity index (χ1v) is 26.9. The van der Waals surface area contributed by atoms with Gasteiger partial charge >= 0.3 is 0 Å². The quantitative estimate of drug-likeness (QED) is 0.114. The highest BCUT2D eigenvalue weighted by Gasteiger charge is 2.38. The molecule has 0 atom stereocenters. The predicted octanol–water partition coefficient (Wildman–Crippen LogP) is 19.7. The van der Waals surface area contributed by atoms with Crippen LogP contribution in [0.4, 0.5) is 34.4 Å². The van der Waals surface area contributed by atoms with Gasteiger partial charge in [0.05, 0.1) is 0 Å². The molecule has 9 aromatic carbocycles. The Hall–Kier alpha value is -9.64. The molecule has 2 aliphatic rings. The first kappa shape index (κ1) is 48.0. The van der Waals surface area contributed by atoms with Crippen LogP contribution in [0.5, 0.6) is 0 Å². The van der Waals surface area contributed by atoms with E-state index in [4.69, 9.17) is 9.97 Å². The highest BCUT2D eigenvalue weighted by Crippen LogP contribution is 2.53. The van der Waals surface area contributed by atoms with Gasteiger partial charge in [-0.2, -0.15) is 0 Å². The zero-order valence-corrected chi connectivity index (χ0v) is 44.3. The number of pyridine rings is 2. The normalized spacial score (nSPS) is 13.5. The smallest absolute Gasteiger partial charge is 0.137 e. The standard InChI is InChI=1S/C74H58N4/c1-73(2)67-47-53(29-41-63(67)65-43-39-61(49-69(65)73)77(71-19-11-13-45-75-71)59-35-31-57(32-36-59)55-15-7-5-8-16-55)27-25-51-21-23-52(24-22-51)26-28-54-30-42-64-66-44-40-62(50-70(66)74(3,4)68(64)48-54)78(72-20-12-14-46-76-72)60-37-33-58(34-38-60)56-17-9-6-10-18-56/h5-50H,1-4H3/b27-25+,28-26+. The third-order valence-corrected chi connectivity index (χ3v) is 16.0. The van der Waals surface area contributed by atoms with Crippen molar-refractivity contribution in [3.63, 3.8) is 0 Å². The number of benzene rings is 9. The molecular weight excluding hydrogens is 945 g/mol. The van der Waals surface area contributed by atoms with Crippen molar-refractivity contribution in [3.8, 4) is 44.5 Å². The van der Waals surface area contributed by atoms with E-state index in [1.807, 2.05) is 24.5 Å². The van der Waals surface area contributed by atoms with Crippen LogP contribution in [0.3, 0.4) is 0 Å². The first-order valence-electron chi connectivity index (χ1n) is 26.9. The van der Waals surface area contributed by atoms with Crippen LogP contribution < -0.4 is 9.80 Å². The van der Waals surface area contributed by atoms with Crippen LogP contribution in [-0.2, 0) is 10.8 Å². The Morgan fingerprint density at radius 2 is 0.590 bits per heavy atom. The van der Waals surface area contributed by atoms with E-state index < -0.39 is 0 Å². The molecule has 2 heterocycles. The van der Waals surface area contributed by atoms with Gasteiger partial charge in [-0.1, -0.05) is 222 Å². The van der Waals surface area contributed by atoms with E-state index in [1.54, 1.807) is 0 Å². The summed E-state index contributed by atoms with van der Waals surface area (Å²) in [6, 6.07) is 87.3. The molecule has 0 aliphatic heterocycles. The molecule has 13 rings (SSSR count). The fourth-order valence-corrected chi connectivity index (χ4v) is 11.7. The SMILES string of the molecule is CC1(C)c2cc(/C=C/c3ccc(/C=C/c4ccc5c(c4)C(C)(C)c4cc(N(c6ccc(-c7ccccc7)cc6)c6ccccn6)ccc4-5)cc3)ccc2-c2ccc(N(c3ccc(-c4ccccc4)cc3)c3ccccn3)cc21. The van der Waals surface area contributed by atoms with Crippen LogP contribution in [0.1, 0.15) is 72.2 Å². The summed E-state index contributed by atoms with van der Waals surface area (Å²) in [5, 5.41) is 0. The van der Waals surface area contributed by atoms with Crippen LogP contribution in [-0.4, -0.2) is 9.97 Å². The number of aromatic nitrogens is 2. The molecule has 78 heavy (non-hydrogen) atoms. The molecule has 0 fully saturated rings. The molecule has 374 valence electrons. The lowest BCUT2D eigenvalue weighted by molar-refractivity contribution is 0.660. The Bertz CT molecular complexity index is 3760. The van der Waals surface area contributed by atoms with Crippen LogP contribution in [0.15, 0.2) is 255 Å². The molecule has 0 N–H and O–H groups in total. The highest BCUT2D eigenvalue weighted by molar-refractivity contribution is 5.89. The number of anilines is 6. The van der Waals surface area contributed by atoms with Gasteiger partial charge in [-0.3, -0.25) is 9.80 Å². The van der Waals surface area contributed by atoms with Crippen molar-refractivity contribution in [2.24, 2.45) is 0 Å². The van der Waals surface area contributed by atoms with E-state index in [9.17, 15) is 0 Å². The Morgan fingerprint density at radius 3 is 0.962 bits per heavy atom. The summed E-state index contributed by atoms with van der Waals surface area (Å²) in [4.78, 5) is 14.2. The van der Waals surface area contributed by atoms with Crippen LogP contribution in [0, 0.1) is 0 Å². The zero-order valence-electron chi connectivity index (χ0n) is 44.3. The van der Waals surface area contributed by atoms with Gasteiger partial charge in [0.25, 0.3) is 0 Å². The zero-order chi connectivity index (χ0) is 52.8. The molecule has 2 aliphatic carbocycles. The Morgan fingerprint density at radius 1 is 0.282 bits per heavy atom. The van der Waals surface area contributed by atoms with Crippen molar-refractivity contribution >= 4 is 58.7 Å². The van der Waals surface area contributed by atoms with Gasteiger partial charge in [0, 0.05) is 46.0 Å². The molecule has 0 amide bonds. The van der Waals surface area contributed by atoms with Crippen molar-refractivity contribution in [1.29, 1.82) is 0 Å². The van der Waals surface area contributed by atoms with Gasteiger partial charge in [0.2, 0.25) is 0 Å². The predicted molar refractivity (Wildman–Crippen MR) is 328 cm³/mol. The molecule has 0 saturated heterocycles. The van der Waals surface area contributed by atoms with Crippen LogP contribution in [0.2, 0.25) is 0 Å². The maximum Gasteiger partial charge on any atom is 0.137 e. The van der Waals surface area contributed by atoms with Gasteiger partial charge in [-0.15, -0.1) is 0 Å². The summed E-state index contributed by atoms with van der Waals surface area (Å²) in [7, 11) is 0. The Balaban J connectivity index is 0.705. The fraction of sp³-hybridized carbons (Fsp3) is 0.0811. The summed E-state index contributed by atoms with van der Waals surface area (Å²) in [5.41, 5.74) is 23.8. The van der Waals surface area contributed by atoms with Crippen molar-refractivity contribution in [2.75, 3.05) is 9.80 Å². The number of rotatable bonds is 12. The van der Waals surface area contributed by atoms with Crippen LogP contribution in [0.25, 0.3) is 68.8 Å². The average molecular weight is 1000 g/mol. The summed E-state index contributed by atoms with van der Waals surface area (Å²) < 4.78 is 0. The van der Waals surface area contributed by atoms with Crippen molar-refractivity contribution in [2.45, 2.75) is 38.5 Å². The summed E-state index contributed by atoms with van der Waals surface area (Å²) in [5.74, 6) is 1.76. The molecule has 0 saturated carbocycles. The van der Waals surface area contributed by atoms with Gasteiger partial charge < -0.3 is 0 Å². The van der Waals surface area contributed by atoms with Gasteiger partial charge in [-0.25, -0.2) is 9.97 Å². The van der Waals surface area contributed by atoms with Crippen LogP contribution >= 0.6 is 0 Å². The van der Waals surface area contributed by atoms with E-state index in [-0.39, 0.29) is 10.8 Å². The number of nitrogens with zero attached hydrogens (tertiary/aromatic N) is 4. The maximum absolute atomic E-state index is 4.82. The van der Waals surface area contributed by atoms with Gasteiger partial charge in [-0.05, 0) is 162 Å². The number of hydrogen-bond acceptors (Lipinski definition) is 4. The fourth-order valence-electron chi connectivity index (χ4n) is 11.7. The van der Waals surface area contributed by atoms with E-state index >= 15 is 0 Å². The second kappa shape index (κ2) is 19.8. The minimum atomic E-state index is -0.201. The Labute approximate surface area is 458 Å². The summed E-state index contributed by atoms with van der Waals surface area (Å²) >= 11 is 0. The molecule has 0 unspecified atom stereocenters. The average Bonchev–Trinajstić information content (AvgIpc) is 4.12. The van der Waals surface area contributed by atoms with E-state index in [0.29, 0.717) is 0 Å². The van der Waals surface area contributed by atoms with E-state index in [2.05, 4.69) is 292 Å². The minimum absolute atomic E-state index is 0.201. The molecule has 0 spiro atoms. The topological polar surface area (TPSA) is 32.3 Å². The van der Waals surface area contributed by atoms with E-state index in [1.165, 1.54) is 77.9 Å². The second-order valence-electron chi connectivity index (χ2n) is 21.5. The lowest BCUT2D eigenvalue weighted by atomic mass is 9.81. The molecule has 2 aromatic heterocycles. The monoisotopic (exact) mass is 1000 g/mol. The van der Waals surface area contributed by atoms with Crippen molar-refractivity contribution < 1.29 is 0 Å². The molecule has 0 bridgehead atoms. The minimum Gasteiger partial charge on any atom is -0.295 e. The number of fused-ring (bicyclic) bond motifs is 6. The molecule has 0 radical (unpaired) electrons. The Kier molecular flexibility index (Phi) is 12.2. The third-order valence-electron chi connectivity index (χ3n) is 16.0. The maximum atomic E-state index is 4.82.